The molecule has 3 nitrogen and oxygen atoms in total. The molecule has 24 heavy (non-hydrogen) atoms. The van der Waals surface area contributed by atoms with Crippen LogP contribution in [0.3, 0.4) is 0 Å². The molecule has 0 aliphatic carbocycles. The third-order valence-corrected chi connectivity index (χ3v) is 5.54. The van der Waals surface area contributed by atoms with Gasteiger partial charge in [0.15, 0.2) is 0 Å². The fraction of sp³-hybridized carbons (Fsp3) is 0.500. The van der Waals surface area contributed by atoms with Gasteiger partial charge < -0.3 is 4.90 Å². The van der Waals surface area contributed by atoms with Gasteiger partial charge in [0, 0.05) is 20.3 Å². The second-order valence-electron chi connectivity index (χ2n) is 6.42. The highest BCUT2D eigenvalue weighted by Gasteiger charge is 2.18. The number of aryl methyl sites for hydroxylation is 1. The first kappa shape index (κ1) is 20.5. The summed E-state index contributed by atoms with van der Waals surface area (Å²) >= 11 is 0. The molecule has 0 saturated carbocycles. The Morgan fingerprint density at radius 1 is 1.04 bits per heavy atom. The average molecular weight is 350 g/mol. The molecule has 134 valence electrons. The number of allylic oxidation sites excluding steroid dienone is 2. The fourth-order valence-corrected chi connectivity index (χ4v) is 3.77. The van der Waals surface area contributed by atoms with Crippen molar-refractivity contribution >= 4 is 9.84 Å². The lowest BCUT2D eigenvalue weighted by Crippen LogP contribution is -2.09. The first-order chi connectivity index (χ1) is 11.4. The summed E-state index contributed by atoms with van der Waals surface area (Å²) in [6.45, 7) is 4.15. The molecule has 0 aromatic heterocycles. The number of benzene rings is 1. The van der Waals surface area contributed by atoms with Gasteiger partial charge in [0.05, 0.1) is 9.80 Å². The summed E-state index contributed by atoms with van der Waals surface area (Å²) in [6, 6.07) is 7.01. The monoisotopic (exact) mass is 349 g/mol. The minimum atomic E-state index is -3.48. The van der Waals surface area contributed by atoms with E-state index in [0.717, 1.165) is 18.4 Å². The summed E-state index contributed by atoms with van der Waals surface area (Å²) in [5.41, 5.74) is 1.05. The van der Waals surface area contributed by atoms with E-state index >= 15 is 0 Å². The van der Waals surface area contributed by atoms with Crippen LogP contribution in [0.25, 0.3) is 0 Å². The predicted molar refractivity (Wildman–Crippen MR) is 103 cm³/mol. The molecule has 0 fully saturated rings. The number of hydrogen-bond acceptors (Lipinski definition) is 3. The number of rotatable bonds is 10. The molecule has 1 rings (SSSR count). The normalized spacial score (nSPS) is 12.8. The molecule has 4 heteroatoms. The Balaban J connectivity index is 2.83. The molecule has 0 unspecified atom stereocenters. The maximum Gasteiger partial charge on any atom is 0.208 e. The molecule has 1 aromatic rings. The topological polar surface area (TPSA) is 37.4 Å². The maximum atomic E-state index is 12.8. The van der Waals surface area contributed by atoms with Crippen LogP contribution in [0.5, 0.6) is 0 Å². The average Bonchev–Trinajstić information content (AvgIpc) is 2.53. The van der Waals surface area contributed by atoms with Gasteiger partial charge in [0.1, 0.15) is 0 Å². The SMILES string of the molecule is CCCCCCC/C=C/C(=C\N(C)C)S(=O)(=O)c1ccc(C)cc1. The van der Waals surface area contributed by atoms with Crippen molar-refractivity contribution < 1.29 is 8.42 Å². The minimum absolute atomic E-state index is 0.338. The van der Waals surface area contributed by atoms with Crippen molar-refractivity contribution in [2.45, 2.75) is 57.3 Å². The first-order valence-electron chi connectivity index (χ1n) is 8.74. The zero-order valence-corrected chi connectivity index (χ0v) is 16.3. The van der Waals surface area contributed by atoms with E-state index in [1.807, 2.05) is 39.2 Å². The molecule has 0 aliphatic rings. The van der Waals surface area contributed by atoms with Gasteiger partial charge in [-0.05, 0) is 38.0 Å². The molecule has 0 N–H and O–H groups in total. The van der Waals surface area contributed by atoms with E-state index in [-0.39, 0.29) is 0 Å². The lowest BCUT2D eigenvalue weighted by Gasteiger charge is -2.10. The fourth-order valence-electron chi connectivity index (χ4n) is 2.38. The van der Waals surface area contributed by atoms with Gasteiger partial charge >= 0.3 is 0 Å². The van der Waals surface area contributed by atoms with Crippen molar-refractivity contribution in [1.29, 1.82) is 0 Å². The second kappa shape index (κ2) is 10.3. The zero-order valence-electron chi connectivity index (χ0n) is 15.5. The Labute approximate surface area is 148 Å². The number of sulfone groups is 1. The van der Waals surface area contributed by atoms with Crippen LogP contribution in [-0.2, 0) is 9.84 Å². The van der Waals surface area contributed by atoms with Crippen LogP contribution >= 0.6 is 0 Å². The van der Waals surface area contributed by atoms with Crippen LogP contribution in [0.1, 0.15) is 51.0 Å². The molecule has 0 saturated heterocycles. The van der Waals surface area contributed by atoms with Gasteiger partial charge in [-0.1, -0.05) is 56.4 Å². The van der Waals surface area contributed by atoms with Crippen LogP contribution < -0.4 is 0 Å². The maximum absolute atomic E-state index is 12.8. The zero-order chi connectivity index (χ0) is 18.0. The standard InChI is InChI=1S/C20H31NO2S/c1-5-6-7-8-9-10-11-12-20(17-21(3)4)24(22,23)19-15-13-18(2)14-16-19/h11-17H,5-10H2,1-4H3/b12-11+,20-17+. The summed E-state index contributed by atoms with van der Waals surface area (Å²) in [5, 5.41) is 0. The Bertz CT molecular complexity index is 641. The van der Waals surface area contributed by atoms with E-state index in [4.69, 9.17) is 0 Å². The van der Waals surface area contributed by atoms with Gasteiger partial charge in [-0.25, -0.2) is 8.42 Å². The van der Waals surface area contributed by atoms with Crippen molar-refractivity contribution in [2.75, 3.05) is 14.1 Å². The van der Waals surface area contributed by atoms with E-state index in [0.29, 0.717) is 9.80 Å². The van der Waals surface area contributed by atoms with Gasteiger partial charge in [0.25, 0.3) is 0 Å². The van der Waals surface area contributed by atoms with Crippen LogP contribution in [0, 0.1) is 6.92 Å². The highest BCUT2D eigenvalue weighted by Crippen LogP contribution is 2.21. The van der Waals surface area contributed by atoms with Gasteiger partial charge in [-0.15, -0.1) is 0 Å². The first-order valence-corrected chi connectivity index (χ1v) is 10.2. The minimum Gasteiger partial charge on any atom is -0.382 e. The highest BCUT2D eigenvalue weighted by molar-refractivity contribution is 7.95. The van der Waals surface area contributed by atoms with Crippen LogP contribution in [0.4, 0.5) is 0 Å². The Morgan fingerprint density at radius 3 is 2.25 bits per heavy atom. The van der Waals surface area contributed by atoms with E-state index < -0.39 is 9.84 Å². The molecule has 0 heterocycles. The Kier molecular flexibility index (Phi) is 8.83. The summed E-state index contributed by atoms with van der Waals surface area (Å²) in [5.74, 6) is 0. The molecule has 0 amide bonds. The summed E-state index contributed by atoms with van der Waals surface area (Å²) < 4.78 is 25.7. The lowest BCUT2D eigenvalue weighted by molar-refractivity contribution is 0.558. The van der Waals surface area contributed by atoms with Crippen molar-refractivity contribution in [3.05, 3.63) is 53.1 Å². The molecular weight excluding hydrogens is 318 g/mol. The van der Waals surface area contributed by atoms with Crippen LogP contribution in [-0.4, -0.2) is 27.4 Å². The van der Waals surface area contributed by atoms with Gasteiger partial charge in [-0.2, -0.15) is 0 Å². The largest absolute Gasteiger partial charge is 0.382 e. The molecule has 0 radical (unpaired) electrons. The smallest absolute Gasteiger partial charge is 0.208 e. The predicted octanol–water partition coefficient (Wildman–Crippen LogP) is 5.09. The van der Waals surface area contributed by atoms with E-state index in [9.17, 15) is 8.42 Å². The van der Waals surface area contributed by atoms with Gasteiger partial charge in [0.2, 0.25) is 9.84 Å². The molecular formula is C20H31NO2S. The van der Waals surface area contributed by atoms with Crippen LogP contribution in [0.2, 0.25) is 0 Å². The molecule has 0 bridgehead atoms. The van der Waals surface area contributed by atoms with Crippen molar-refractivity contribution in [3.63, 3.8) is 0 Å². The highest BCUT2D eigenvalue weighted by atomic mass is 32.2. The molecule has 0 atom stereocenters. The van der Waals surface area contributed by atoms with Crippen molar-refractivity contribution in [2.24, 2.45) is 0 Å². The van der Waals surface area contributed by atoms with Crippen molar-refractivity contribution in [3.8, 4) is 0 Å². The second-order valence-corrected chi connectivity index (χ2v) is 8.37. The number of nitrogens with zero attached hydrogens (tertiary/aromatic N) is 1. The third kappa shape index (κ3) is 6.91. The quantitative estimate of drug-likeness (QED) is 0.436. The Morgan fingerprint density at radius 2 is 1.67 bits per heavy atom. The number of unbranched alkanes of at least 4 members (excludes halogenated alkanes) is 5. The molecule has 1 aromatic carbocycles. The summed E-state index contributed by atoms with van der Waals surface area (Å²) in [4.78, 5) is 2.45. The Hall–Kier alpha value is -1.55. The van der Waals surface area contributed by atoms with E-state index in [2.05, 4.69) is 6.92 Å². The number of hydrogen-bond donors (Lipinski definition) is 0. The lowest BCUT2D eigenvalue weighted by atomic mass is 10.1. The van der Waals surface area contributed by atoms with Crippen LogP contribution in [0.15, 0.2) is 52.4 Å². The molecule has 0 spiro atoms. The van der Waals surface area contributed by atoms with E-state index in [1.54, 1.807) is 29.3 Å². The molecule has 0 aliphatic heterocycles. The third-order valence-electron chi connectivity index (χ3n) is 3.78. The van der Waals surface area contributed by atoms with Gasteiger partial charge in [-0.3, -0.25) is 0 Å². The summed E-state index contributed by atoms with van der Waals surface area (Å²) in [6.07, 6.45) is 12.4. The van der Waals surface area contributed by atoms with Crippen molar-refractivity contribution in [1.82, 2.24) is 4.90 Å². The van der Waals surface area contributed by atoms with E-state index in [1.165, 1.54) is 25.7 Å². The summed E-state index contributed by atoms with van der Waals surface area (Å²) in [7, 11) is 0.191.